The highest BCUT2D eigenvalue weighted by atomic mass is 16.5. The summed E-state index contributed by atoms with van der Waals surface area (Å²) in [6.45, 7) is 0.753. The molecule has 0 aliphatic heterocycles. The van der Waals surface area contributed by atoms with Crippen LogP contribution >= 0.6 is 0 Å². The van der Waals surface area contributed by atoms with E-state index in [4.69, 9.17) is 4.74 Å². The second-order valence-electron chi connectivity index (χ2n) is 4.34. The van der Waals surface area contributed by atoms with E-state index < -0.39 is 0 Å². The van der Waals surface area contributed by atoms with Crippen molar-refractivity contribution in [3.05, 3.63) is 59.7 Å². The largest absolute Gasteiger partial charge is 0.497 e. The van der Waals surface area contributed by atoms with Crippen LogP contribution in [-0.4, -0.2) is 14.2 Å². The van der Waals surface area contributed by atoms with Crippen LogP contribution in [0.5, 0.6) is 5.75 Å². The van der Waals surface area contributed by atoms with Gasteiger partial charge in [0.05, 0.1) is 18.4 Å². The molecule has 2 aromatic carbocycles. The Morgan fingerprint density at radius 1 is 1.16 bits per heavy atom. The molecule has 0 bridgehead atoms. The number of methoxy groups -OCH3 is 1. The van der Waals surface area contributed by atoms with E-state index in [-0.39, 0.29) is 0 Å². The first-order valence-electron chi connectivity index (χ1n) is 6.08. The number of rotatable bonds is 4. The molecular formula is C16H16N2O. The highest BCUT2D eigenvalue weighted by Gasteiger charge is 2.09. The quantitative estimate of drug-likeness (QED) is 0.838. The summed E-state index contributed by atoms with van der Waals surface area (Å²) in [6.07, 6.45) is 0. The van der Waals surface area contributed by atoms with E-state index in [2.05, 4.69) is 23.1 Å². The van der Waals surface area contributed by atoms with Gasteiger partial charge < -0.3 is 9.64 Å². The standard InChI is InChI=1S/C16H16N2O/c1-18(12-13-6-4-3-5-7-13)16-10-15(19-2)9-8-14(16)11-17/h3-10H,12H2,1-2H3. The number of ether oxygens (including phenoxy) is 1. The maximum atomic E-state index is 9.18. The SMILES string of the molecule is COc1ccc(C#N)c(N(C)Cc2ccccc2)c1. The number of hydrogen-bond donors (Lipinski definition) is 0. The van der Waals surface area contributed by atoms with E-state index >= 15 is 0 Å². The van der Waals surface area contributed by atoms with Crippen LogP contribution in [0.2, 0.25) is 0 Å². The van der Waals surface area contributed by atoms with Gasteiger partial charge in [0.1, 0.15) is 11.8 Å². The third-order valence-corrected chi connectivity index (χ3v) is 3.00. The van der Waals surface area contributed by atoms with Crippen LogP contribution in [0.15, 0.2) is 48.5 Å². The van der Waals surface area contributed by atoms with Crippen molar-refractivity contribution in [2.45, 2.75) is 6.54 Å². The minimum atomic E-state index is 0.652. The van der Waals surface area contributed by atoms with Crippen LogP contribution in [0.4, 0.5) is 5.69 Å². The number of nitriles is 1. The molecule has 0 N–H and O–H groups in total. The van der Waals surface area contributed by atoms with Gasteiger partial charge in [0, 0.05) is 19.7 Å². The lowest BCUT2D eigenvalue weighted by molar-refractivity contribution is 0.415. The van der Waals surface area contributed by atoms with Gasteiger partial charge in [0.2, 0.25) is 0 Å². The average Bonchev–Trinajstić information content (AvgIpc) is 2.47. The summed E-state index contributed by atoms with van der Waals surface area (Å²) in [4.78, 5) is 2.05. The van der Waals surface area contributed by atoms with Crippen molar-refractivity contribution >= 4 is 5.69 Å². The van der Waals surface area contributed by atoms with Crippen LogP contribution in [0, 0.1) is 11.3 Å². The summed E-state index contributed by atoms with van der Waals surface area (Å²) < 4.78 is 5.22. The fourth-order valence-electron chi connectivity index (χ4n) is 1.99. The molecule has 96 valence electrons. The Morgan fingerprint density at radius 2 is 1.89 bits per heavy atom. The van der Waals surface area contributed by atoms with Gasteiger partial charge in [-0.25, -0.2) is 0 Å². The van der Waals surface area contributed by atoms with Gasteiger partial charge in [0.25, 0.3) is 0 Å². The van der Waals surface area contributed by atoms with Crippen molar-refractivity contribution in [2.24, 2.45) is 0 Å². The molecule has 0 saturated carbocycles. The van der Waals surface area contributed by atoms with Gasteiger partial charge in [-0.2, -0.15) is 5.26 Å². The Hall–Kier alpha value is -2.47. The number of anilines is 1. The van der Waals surface area contributed by atoms with Crippen LogP contribution in [-0.2, 0) is 6.54 Å². The summed E-state index contributed by atoms with van der Waals surface area (Å²) in [5, 5.41) is 9.18. The molecule has 0 heterocycles. The summed E-state index contributed by atoms with van der Waals surface area (Å²) in [5.41, 5.74) is 2.74. The molecular weight excluding hydrogens is 236 g/mol. The summed E-state index contributed by atoms with van der Waals surface area (Å²) in [7, 11) is 3.60. The average molecular weight is 252 g/mol. The van der Waals surface area contributed by atoms with E-state index in [0.29, 0.717) is 5.56 Å². The lowest BCUT2D eigenvalue weighted by Gasteiger charge is -2.21. The molecule has 0 aliphatic rings. The Bertz CT molecular complexity index is 587. The third-order valence-electron chi connectivity index (χ3n) is 3.00. The Kier molecular flexibility index (Phi) is 4.04. The van der Waals surface area contributed by atoms with Gasteiger partial charge in [-0.1, -0.05) is 30.3 Å². The molecule has 2 aromatic rings. The first-order chi connectivity index (χ1) is 9.24. The van der Waals surface area contributed by atoms with Crippen molar-refractivity contribution in [3.63, 3.8) is 0 Å². The smallest absolute Gasteiger partial charge is 0.121 e. The zero-order valence-electron chi connectivity index (χ0n) is 11.1. The van der Waals surface area contributed by atoms with Gasteiger partial charge in [0.15, 0.2) is 0 Å². The topological polar surface area (TPSA) is 36.3 Å². The van der Waals surface area contributed by atoms with E-state index in [1.165, 1.54) is 5.56 Å². The molecule has 0 spiro atoms. The van der Waals surface area contributed by atoms with E-state index in [1.54, 1.807) is 19.2 Å². The molecule has 0 amide bonds. The monoisotopic (exact) mass is 252 g/mol. The van der Waals surface area contributed by atoms with Crippen molar-refractivity contribution in [1.82, 2.24) is 0 Å². The fourth-order valence-corrected chi connectivity index (χ4v) is 1.99. The van der Waals surface area contributed by atoms with Gasteiger partial charge in [-0.05, 0) is 17.7 Å². The van der Waals surface area contributed by atoms with Crippen LogP contribution in [0.3, 0.4) is 0 Å². The van der Waals surface area contributed by atoms with E-state index in [0.717, 1.165) is 18.0 Å². The maximum absolute atomic E-state index is 9.18. The highest BCUT2D eigenvalue weighted by Crippen LogP contribution is 2.25. The highest BCUT2D eigenvalue weighted by molar-refractivity contribution is 5.61. The molecule has 0 fully saturated rings. The lowest BCUT2D eigenvalue weighted by Crippen LogP contribution is -2.17. The van der Waals surface area contributed by atoms with Gasteiger partial charge in [-0.15, -0.1) is 0 Å². The van der Waals surface area contributed by atoms with Crippen molar-refractivity contribution in [1.29, 1.82) is 5.26 Å². The predicted molar refractivity (Wildman–Crippen MR) is 76.3 cm³/mol. The zero-order chi connectivity index (χ0) is 13.7. The molecule has 19 heavy (non-hydrogen) atoms. The Labute approximate surface area is 113 Å². The first-order valence-corrected chi connectivity index (χ1v) is 6.08. The van der Waals surface area contributed by atoms with Crippen molar-refractivity contribution < 1.29 is 4.74 Å². The van der Waals surface area contributed by atoms with E-state index in [1.807, 2.05) is 31.3 Å². The molecule has 0 aliphatic carbocycles. The summed E-state index contributed by atoms with van der Waals surface area (Å²) in [6, 6.07) is 17.9. The number of nitrogens with zero attached hydrogens (tertiary/aromatic N) is 2. The fraction of sp³-hybridized carbons (Fsp3) is 0.188. The zero-order valence-corrected chi connectivity index (χ0v) is 11.1. The first kappa shape index (κ1) is 13.0. The van der Waals surface area contributed by atoms with Crippen LogP contribution < -0.4 is 9.64 Å². The normalized spacial score (nSPS) is 9.74. The molecule has 0 radical (unpaired) electrons. The molecule has 3 nitrogen and oxygen atoms in total. The predicted octanol–water partition coefficient (Wildman–Crippen LogP) is 3.20. The second-order valence-corrected chi connectivity index (χ2v) is 4.34. The van der Waals surface area contributed by atoms with Crippen molar-refractivity contribution in [3.8, 4) is 11.8 Å². The second kappa shape index (κ2) is 5.92. The molecule has 0 atom stereocenters. The minimum absolute atomic E-state index is 0.652. The Balaban J connectivity index is 2.27. The van der Waals surface area contributed by atoms with Crippen LogP contribution in [0.25, 0.3) is 0 Å². The molecule has 0 aromatic heterocycles. The summed E-state index contributed by atoms with van der Waals surface area (Å²) >= 11 is 0. The molecule has 2 rings (SSSR count). The lowest BCUT2D eigenvalue weighted by atomic mass is 10.1. The van der Waals surface area contributed by atoms with E-state index in [9.17, 15) is 5.26 Å². The Morgan fingerprint density at radius 3 is 2.53 bits per heavy atom. The molecule has 3 heteroatoms. The maximum Gasteiger partial charge on any atom is 0.121 e. The summed E-state index contributed by atoms with van der Waals surface area (Å²) in [5.74, 6) is 0.758. The van der Waals surface area contributed by atoms with Gasteiger partial charge in [-0.3, -0.25) is 0 Å². The minimum Gasteiger partial charge on any atom is -0.497 e. The van der Waals surface area contributed by atoms with Crippen molar-refractivity contribution in [2.75, 3.05) is 19.1 Å². The molecule has 0 saturated heterocycles. The van der Waals surface area contributed by atoms with Crippen LogP contribution in [0.1, 0.15) is 11.1 Å². The van der Waals surface area contributed by atoms with Gasteiger partial charge >= 0.3 is 0 Å². The third kappa shape index (κ3) is 3.05. The number of benzene rings is 2. The number of hydrogen-bond acceptors (Lipinski definition) is 3. The molecule has 0 unspecified atom stereocenters.